The first-order chi connectivity index (χ1) is 10.5. The van der Waals surface area contributed by atoms with Crippen LogP contribution in [0.5, 0.6) is 0 Å². The Morgan fingerprint density at radius 2 is 2.09 bits per heavy atom. The van der Waals surface area contributed by atoms with Crippen LogP contribution in [0.2, 0.25) is 0 Å². The summed E-state index contributed by atoms with van der Waals surface area (Å²) in [6.45, 7) is 2.20. The zero-order valence-electron chi connectivity index (χ0n) is 12.4. The molecule has 2 amide bonds. The molecule has 1 atom stereocenters. The molecular formula is C13H20N4O5. The van der Waals surface area contributed by atoms with Crippen LogP contribution < -0.4 is 5.32 Å². The number of hydrogen-bond acceptors (Lipinski definition) is 7. The van der Waals surface area contributed by atoms with E-state index in [4.69, 9.17) is 5.11 Å². The number of amides is 2. The van der Waals surface area contributed by atoms with Crippen LogP contribution in [0.4, 0.5) is 0 Å². The summed E-state index contributed by atoms with van der Waals surface area (Å²) in [5.74, 6) is -0.690. The van der Waals surface area contributed by atoms with Gasteiger partial charge in [-0.25, -0.2) is 4.63 Å². The summed E-state index contributed by atoms with van der Waals surface area (Å²) >= 11 is 0. The molecule has 1 aromatic heterocycles. The van der Waals surface area contributed by atoms with Crippen molar-refractivity contribution in [2.75, 3.05) is 26.2 Å². The Bertz CT molecular complexity index is 524. The predicted molar refractivity (Wildman–Crippen MR) is 73.8 cm³/mol. The lowest BCUT2D eigenvalue weighted by molar-refractivity contribution is -0.132. The minimum atomic E-state index is -0.736. The van der Waals surface area contributed by atoms with Gasteiger partial charge in [0, 0.05) is 13.1 Å². The van der Waals surface area contributed by atoms with Crippen LogP contribution in [0.1, 0.15) is 29.0 Å². The Labute approximate surface area is 127 Å². The van der Waals surface area contributed by atoms with Gasteiger partial charge in [0.25, 0.3) is 5.91 Å². The first kappa shape index (κ1) is 16.4. The third-order valence-corrected chi connectivity index (χ3v) is 3.89. The molecule has 0 radical (unpaired) electrons. The highest BCUT2D eigenvalue weighted by atomic mass is 16.6. The minimum absolute atomic E-state index is 0.00694. The first-order valence-electron chi connectivity index (χ1n) is 7.17. The quantitative estimate of drug-likeness (QED) is 0.616. The van der Waals surface area contributed by atoms with Gasteiger partial charge in [0.2, 0.25) is 5.91 Å². The van der Waals surface area contributed by atoms with Crippen LogP contribution in [0.25, 0.3) is 0 Å². The third kappa shape index (κ3) is 3.80. The van der Waals surface area contributed by atoms with Crippen molar-refractivity contribution in [3.63, 3.8) is 0 Å². The molecule has 0 bridgehead atoms. The molecule has 1 unspecified atom stereocenters. The van der Waals surface area contributed by atoms with Gasteiger partial charge in [0.1, 0.15) is 5.69 Å². The van der Waals surface area contributed by atoms with Crippen LogP contribution >= 0.6 is 0 Å². The minimum Gasteiger partial charge on any atom is -0.394 e. The Kier molecular flexibility index (Phi) is 5.45. The van der Waals surface area contributed by atoms with E-state index >= 15 is 0 Å². The number of carbonyl (C=O) groups is 2. The van der Waals surface area contributed by atoms with Crippen molar-refractivity contribution in [3.05, 3.63) is 11.4 Å². The number of aromatic nitrogens is 2. The molecule has 1 fully saturated rings. The highest BCUT2D eigenvalue weighted by Gasteiger charge is 2.27. The summed E-state index contributed by atoms with van der Waals surface area (Å²) < 4.78 is 4.43. The summed E-state index contributed by atoms with van der Waals surface area (Å²) in [6, 6.07) is 0. The van der Waals surface area contributed by atoms with Gasteiger partial charge >= 0.3 is 0 Å². The number of rotatable bonds is 5. The topological polar surface area (TPSA) is 129 Å². The van der Waals surface area contributed by atoms with E-state index in [-0.39, 0.29) is 30.7 Å². The fourth-order valence-electron chi connectivity index (χ4n) is 2.47. The molecule has 2 heterocycles. The molecule has 0 aromatic carbocycles. The van der Waals surface area contributed by atoms with Gasteiger partial charge in [-0.05, 0) is 30.8 Å². The van der Waals surface area contributed by atoms with Crippen molar-refractivity contribution in [3.8, 4) is 0 Å². The largest absolute Gasteiger partial charge is 0.394 e. The fraction of sp³-hybridized carbons (Fsp3) is 0.692. The summed E-state index contributed by atoms with van der Waals surface area (Å²) in [6.07, 6.45) is 0.529. The molecule has 3 N–H and O–H groups in total. The van der Waals surface area contributed by atoms with Gasteiger partial charge in [0.15, 0.2) is 5.69 Å². The van der Waals surface area contributed by atoms with E-state index in [0.29, 0.717) is 31.6 Å². The second kappa shape index (κ2) is 7.32. The van der Waals surface area contributed by atoms with Crippen LogP contribution in [0.15, 0.2) is 4.63 Å². The van der Waals surface area contributed by atoms with E-state index in [1.165, 1.54) is 0 Å². The molecule has 1 aliphatic heterocycles. The smallest absolute Gasteiger partial charge is 0.275 e. The van der Waals surface area contributed by atoms with Crippen molar-refractivity contribution in [2.24, 2.45) is 5.92 Å². The average Bonchev–Trinajstić information content (AvgIpc) is 2.97. The van der Waals surface area contributed by atoms with E-state index in [0.717, 1.165) is 0 Å². The van der Waals surface area contributed by atoms with Crippen LogP contribution in [0.3, 0.4) is 0 Å². The van der Waals surface area contributed by atoms with Gasteiger partial charge in [-0.2, -0.15) is 0 Å². The number of carbonyl (C=O) groups excluding carboxylic acids is 2. The molecule has 9 heteroatoms. The van der Waals surface area contributed by atoms with E-state index in [2.05, 4.69) is 20.3 Å². The Balaban J connectivity index is 1.77. The molecule has 1 saturated heterocycles. The number of aliphatic hydroxyl groups is 2. The average molecular weight is 312 g/mol. The zero-order chi connectivity index (χ0) is 16.1. The molecule has 0 saturated carbocycles. The molecule has 0 spiro atoms. The van der Waals surface area contributed by atoms with Gasteiger partial charge in [-0.15, -0.1) is 0 Å². The molecule has 0 aliphatic carbocycles. The molecule has 1 aliphatic rings. The SMILES string of the molecule is Cc1nonc1C(=O)NCC(=O)N1CCC(C(O)CO)CC1. The highest BCUT2D eigenvalue weighted by Crippen LogP contribution is 2.20. The number of aliphatic hydroxyl groups excluding tert-OH is 2. The first-order valence-corrected chi connectivity index (χ1v) is 7.17. The molecule has 1 aromatic rings. The number of piperidine rings is 1. The standard InChI is InChI=1S/C13H20N4O5/c1-8-12(16-22-15-8)13(21)14-6-11(20)17-4-2-9(3-5-17)10(19)7-18/h9-10,18-19H,2-7H2,1H3,(H,14,21). The normalized spacial score (nSPS) is 17.3. The summed E-state index contributed by atoms with van der Waals surface area (Å²) in [7, 11) is 0. The van der Waals surface area contributed by atoms with Crippen molar-refractivity contribution in [1.29, 1.82) is 0 Å². The zero-order valence-corrected chi connectivity index (χ0v) is 12.4. The maximum absolute atomic E-state index is 12.0. The van der Waals surface area contributed by atoms with E-state index < -0.39 is 12.0 Å². The van der Waals surface area contributed by atoms with Gasteiger partial charge in [-0.1, -0.05) is 5.16 Å². The molecule has 9 nitrogen and oxygen atoms in total. The van der Waals surface area contributed by atoms with Gasteiger partial charge in [0.05, 0.1) is 19.3 Å². The van der Waals surface area contributed by atoms with Crippen LogP contribution in [0, 0.1) is 12.8 Å². The number of hydrogen-bond donors (Lipinski definition) is 3. The predicted octanol–water partition coefficient (Wildman–Crippen LogP) is -1.30. The van der Waals surface area contributed by atoms with Crippen molar-refractivity contribution in [1.82, 2.24) is 20.5 Å². The van der Waals surface area contributed by atoms with Crippen molar-refractivity contribution < 1.29 is 24.4 Å². The Hall–Kier alpha value is -2.00. The van der Waals surface area contributed by atoms with Gasteiger partial charge in [-0.3, -0.25) is 9.59 Å². The lowest BCUT2D eigenvalue weighted by atomic mass is 9.91. The maximum atomic E-state index is 12.0. The van der Waals surface area contributed by atoms with Crippen molar-refractivity contribution >= 4 is 11.8 Å². The Morgan fingerprint density at radius 3 is 2.64 bits per heavy atom. The Morgan fingerprint density at radius 1 is 1.41 bits per heavy atom. The summed E-state index contributed by atoms with van der Waals surface area (Å²) in [5.41, 5.74) is 0.432. The van der Waals surface area contributed by atoms with Crippen molar-refractivity contribution in [2.45, 2.75) is 25.9 Å². The molecular weight excluding hydrogens is 292 g/mol. The van der Waals surface area contributed by atoms with E-state index in [9.17, 15) is 14.7 Å². The number of aryl methyl sites for hydroxylation is 1. The number of likely N-dealkylation sites (tertiary alicyclic amines) is 1. The second-order valence-electron chi connectivity index (χ2n) is 5.35. The fourth-order valence-corrected chi connectivity index (χ4v) is 2.47. The highest BCUT2D eigenvalue weighted by molar-refractivity contribution is 5.95. The van der Waals surface area contributed by atoms with Gasteiger partial charge < -0.3 is 20.4 Å². The lowest BCUT2D eigenvalue weighted by Gasteiger charge is -2.33. The maximum Gasteiger partial charge on any atom is 0.275 e. The number of nitrogens with one attached hydrogen (secondary N) is 1. The van der Waals surface area contributed by atoms with Crippen LogP contribution in [-0.2, 0) is 4.79 Å². The van der Waals surface area contributed by atoms with Crippen LogP contribution in [-0.4, -0.2) is 69.6 Å². The monoisotopic (exact) mass is 312 g/mol. The number of nitrogens with zero attached hydrogens (tertiary/aromatic N) is 3. The molecule has 2 rings (SSSR count). The van der Waals surface area contributed by atoms with E-state index in [1.807, 2.05) is 0 Å². The molecule has 22 heavy (non-hydrogen) atoms. The molecule has 122 valence electrons. The second-order valence-corrected chi connectivity index (χ2v) is 5.35. The lowest BCUT2D eigenvalue weighted by Crippen LogP contribution is -2.46. The summed E-state index contributed by atoms with van der Waals surface area (Å²) in [4.78, 5) is 25.5. The summed E-state index contributed by atoms with van der Waals surface area (Å²) in [5, 5.41) is 28.0. The third-order valence-electron chi connectivity index (χ3n) is 3.89. The van der Waals surface area contributed by atoms with E-state index in [1.54, 1.807) is 11.8 Å².